The fourth-order valence-corrected chi connectivity index (χ4v) is 1.85. The molecule has 1 aliphatic rings. The van der Waals surface area contributed by atoms with Gasteiger partial charge in [0.2, 0.25) is 0 Å². The zero-order valence-corrected chi connectivity index (χ0v) is 9.80. The van der Waals surface area contributed by atoms with E-state index in [1.165, 1.54) is 0 Å². The van der Waals surface area contributed by atoms with Crippen molar-refractivity contribution in [1.82, 2.24) is 4.98 Å². The second-order valence-corrected chi connectivity index (χ2v) is 4.29. The van der Waals surface area contributed by atoms with Gasteiger partial charge in [-0.05, 0) is 25.0 Å². The first kappa shape index (κ1) is 11.3. The number of nitrogens with zero attached hydrogens (tertiary/aromatic N) is 1. The summed E-state index contributed by atoms with van der Waals surface area (Å²) in [5.41, 5.74) is 6.40. The molecule has 1 aromatic rings. The minimum absolute atomic E-state index is 0.336. The van der Waals surface area contributed by atoms with E-state index in [0.29, 0.717) is 11.0 Å². The molecule has 0 saturated carbocycles. The Morgan fingerprint density at radius 3 is 3.19 bits per heavy atom. The van der Waals surface area contributed by atoms with Gasteiger partial charge in [0.05, 0.1) is 12.6 Å². The van der Waals surface area contributed by atoms with Crippen LogP contribution < -0.4 is 11.1 Å². The van der Waals surface area contributed by atoms with Gasteiger partial charge in [0.15, 0.2) is 0 Å². The van der Waals surface area contributed by atoms with Crippen LogP contribution in [-0.2, 0) is 4.74 Å². The quantitative estimate of drug-likeness (QED) is 0.776. The molecule has 0 amide bonds. The average molecular weight is 237 g/mol. The Bertz CT molecular complexity index is 377. The Balaban J connectivity index is 2.02. The molecule has 2 heterocycles. The van der Waals surface area contributed by atoms with Gasteiger partial charge in [0.25, 0.3) is 0 Å². The molecule has 16 heavy (non-hydrogen) atoms. The van der Waals surface area contributed by atoms with E-state index in [-0.39, 0.29) is 0 Å². The van der Waals surface area contributed by atoms with Crippen LogP contribution in [0.4, 0.5) is 5.82 Å². The highest BCUT2D eigenvalue weighted by Gasteiger charge is 2.13. The standard InChI is InChI=1S/C11H15N3OS/c12-11(16)8-3-4-13-10(6-8)14-9-2-1-5-15-7-9/h3-4,6,9H,1-2,5,7H2,(H2,12,16)(H,13,14). The summed E-state index contributed by atoms with van der Waals surface area (Å²) in [5.74, 6) is 0.806. The molecule has 1 aromatic heterocycles. The number of nitrogens with one attached hydrogen (secondary N) is 1. The lowest BCUT2D eigenvalue weighted by Crippen LogP contribution is -2.30. The molecule has 0 aromatic carbocycles. The Kier molecular flexibility index (Phi) is 3.69. The molecule has 1 aliphatic heterocycles. The SMILES string of the molecule is NC(=S)c1ccnc(NC2CCCOC2)c1. The molecule has 0 aliphatic carbocycles. The van der Waals surface area contributed by atoms with E-state index in [1.54, 1.807) is 6.20 Å². The zero-order chi connectivity index (χ0) is 11.4. The third kappa shape index (κ3) is 2.90. The third-order valence-electron chi connectivity index (χ3n) is 2.56. The molecule has 4 nitrogen and oxygen atoms in total. The number of thiocarbonyl (C=S) groups is 1. The Labute approximate surface area is 100 Å². The van der Waals surface area contributed by atoms with Crippen molar-refractivity contribution in [3.05, 3.63) is 23.9 Å². The number of nitrogens with two attached hydrogens (primary N) is 1. The smallest absolute Gasteiger partial charge is 0.126 e. The normalized spacial score (nSPS) is 20.4. The van der Waals surface area contributed by atoms with Crippen molar-refractivity contribution >= 4 is 23.0 Å². The highest BCUT2D eigenvalue weighted by molar-refractivity contribution is 7.80. The van der Waals surface area contributed by atoms with Crippen LogP contribution in [0.5, 0.6) is 0 Å². The summed E-state index contributed by atoms with van der Waals surface area (Å²) in [6.45, 7) is 1.59. The molecule has 1 unspecified atom stereocenters. The molecule has 1 saturated heterocycles. The molecule has 3 N–H and O–H groups in total. The summed E-state index contributed by atoms with van der Waals surface area (Å²) in [5, 5.41) is 3.32. The first-order valence-electron chi connectivity index (χ1n) is 5.36. The molecule has 1 fully saturated rings. The fraction of sp³-hybridized carbons (Fsp3) is 0.455. The number of rotatable bonds is 3. The lowest BCUT2D eigenvalue weighted by atomic mass is 10.1. The van der Waals surface area contributed by atoms with Crippen LogP contribution in [0.15, 0.2) is 18.3 Å². The van der Waals surface area contributed by atoms with Gasteiger partial charge < -0.3 is 15.8 Å². The zero-order valence-electron chi connectivity index (χ0n) is 8.98. The van der Waals surface area contributed by atoms with E-state index in [1.807, 2.05) is 12.1 Å². The van der Waals surface area contributed by atoms with Crippen molar-refractivity contribution in [2.24, 2.45) is 5.73 Å². The Hall–Kier alpha value is -1.20. The van der Waals surface area contributed by atoms with Crippen LogP contribution >= 0.6 is 12.2 Å². The predicted molar refractivity (Wildman–Crippen MR) is 67.6 cm³/mol. The van der Waals surface area contributed by atoms with Gasteiger partial charge in [0, 0.05) is 18.4 Å². The van der Waals surface area contributed by atoms with Gasteiger partial charge in [0.1, 0.15) is 10.8 Å². The average Bonchev–Trinajstić information content (AvgIpc) is 2.30. The number of ether oxygens (including phenoxy) is 1. The van der Waals surface area contributed by atoms with Crippen molar-refractivity contribution in [3.8, 4) is 0 Å². The van der Waals surface area contributed by atoms with Gasteiger partial charge in [-0.15, -0.1) is 0 Å². The number of anilines is 1. The van der Waals surface area contributed by atoms with E-state index in [4.69, 9.17) is 22.7 Å². The molecular formula is C11H15N3OS. The molecule has 2 rings (SSSR count). The van der Waals surface area contributed by atoms with Gasteiger partial charge in [-0.25, -0.2) is 4.98 Å². The summed E-state index contributed by atoms with van der Waals surface area (Å²) in [6, 6.07) is 4.02. The van der Waals surface area contributed by atoms with E-state index in [0.717, 1.165) is 37.4 Å². The minimum atomic E-state index is 0.336. The number of pyridine rings is 1. The molecular weight excluding hydrogens is 222 g/mol. The molecule has 0 radical (unpaired) electrons. The highest BCUT2D eigenvalue weighted by Crippen LogP contribution is 2.13. The lowest BCUT2D eigenvalue weighted by molar-refractivity contribution is 0.0875. The number of aromatic nitrogens is 1. The summed E-state index contributed by atoms with van der Waals surface area (Å²) in [6.07, 6.45) is 3.91. The number of hydrogen-bond donors (Lipinski definition) is 2. The second kappa shape index (κ2) is 5.23. The van der Waals surface area contributed by atoms with E-state index in [2.05, 4.69) is 10.3 Å². The molecule has 86 valence electrons. The van der Waals surface area contributed by atoms with Crippen LogP contribution in [-0.4, -0.2) is 29.2 Å². The highest BCUT2D eigenvalue weighted by atomic mass is 32.1. The maximum Gasteiger partial charge on any atom is 0.126 e. The van der Waals surface area contributed by atoms with Gasteiger partial charge in [-0.1, -0.05) is 12.2 Å². The maximum absolute atomic E-state index is 5.57. The maximum atomic E-state index is 5.57. The second-order valence-electron chi connectivity index (χ2n) is 3.85. The Morgan fingerprint density at radius 1 is 1.62 bits per heavy atom. The first-order chi connectivity index (χ1) is 7.75. The van der Waals surface area contributed by atoms with Gasteiger partial charge in [-0.3, -0.25) is 0 Å². The topological polar surface area (TPSA) is 60.2 Å². The first-order valence-corrected chi connectivity index (χ1v) is 5.76. The van der Waals surface area contributed by atoms with Crippen molar-refractivity contribution in [1.29, 1.82) is 0 Å². The summed E-state index contributed by atoms with van der Waals surface area (Å²) in [4.78, 5) is 4.63. The van der Waals surface area contributed by atoms with E-state index < -0.39 is 0 Å². The van der Waals surface area contributed by atoms with Crippen LogP contribution in [0.25, 0.3) is 0 Å². The minimum Gasteiger partial charge on any atom is -0.389 e. The van der Waals surface area contributed by atoms with Crippen molar-refractivity contribution in [2.45, 2.75) is 18.9 Å². The van der Waals surface area contributed by atoms with Crippen LogP contribution in [0.2, 0.25) is 0 Å². The van der Waals surface area contributed by atoms with Crippen molar-refractivity contribution < 1.29 is 4.74 Å². The summed E-state index contributed by atoms with van der Waals surface area (Å²) >= 11 is 4.92. The molecule has 0 spiro atoms. The summed E-state index contributed by atoms with van der Waals surface area (Å²) in [7, 11) is 0. The monoisotopic (exact) mass is 237 g/mol. The molecule has 1 atom stereocenters. The summed E-state index contributed by atoms with van der Waals surface area (Å²) < 4.78 is 5.39. The van der Waals surface area contributed by atoms with Crippen molar-refractivity contribution in [2.75, 3.05) is 18.5 Å². The van der Waals surface area contributed by atoms with Crippen LogP contribution in [0.3, 0.4) is 0 Å². The Morgan fingerprint density at radius 2 is 2.50 bits per heavy atom. The number of hydrogen-bond acceptors (Lipinski definition) is 4. The molecule has 0 bridgehead atoms. The van der Waals surface area contributed by atoms with Crippen molar-refractivity contribution in [3.63, 3.8) is 0 Å². The van der Waals surface area contributed by atoms with Gasteiger partial charge >= 0.3 is 0 Å². The lowest BCUT2D eigenvalue weighted by Gasteiger charge is -2.23. The largest absolute Gasteiger partial charge is 0.389 e. The third-order valence-corrected chi connectivity index (χ3v) is 2.79. The van der Waals surface area contributed by atoms with Gasteiger partial charge in [-0.2, -0.15) is 0 Å². The van der Waals surface area contributed by atoms with Crippen LogP contribution in [0, 0.1) is 0 Å². The fourth-order valence-electron chi connectivity index (χ4n) is 1.73. The van der Waals surface area contributed by atoms with E-state index >= 15 is 0 Å². The van der Waals surface area contributed by atoms with Crippen LogP contribution in [0.1, 0.15) is 18.4 Å². The van der Waals surface area contributed by atoms with E-state index in [9.17, 15) is 0 Å². The molecule has 5 heteroatoms. The predicted octanol–water partition coefficient (Wildman–Crippen LogP) is 1.31.